The van der Waals surface area contributed by atoms with Crippen LogP contribution in [-0.2, 0) is 55.7 Å². The number of halogens is 2. The number of ether oxygens (including phenoxy) is 2. The van der Waals surface area contributed by atoms with Crippen LogP contribution < -0.4 is 10.6 Å². The zero-order chi connectivity index (χ0) is 44.6. The van der Waals surface area contributed by atoms with Crippen LogP contribution in [-0.4, -0.2) is 119 Å². The van der Waals surface area contributed by atoms with Gasteiger partial charge in [0.15, 0.2) is 58.8 Å². The van der Waals surface area contributed by atoms with Crippen molar-refractivity contribution in [2.75, 3.05) is 37.0 Å². The molecule has 64 heavy (non-hydrogen) atoms. The first kappa shape index (κ1) is 44.0. The Kier molecular flexibility index (Phi) is 12.6. The Hall–Kier alpha value is -5.19. The number of anilines is 2. The molecule has 21 nitrogen and oxygen atoms in total. The van der Waals surface area contributed by atoms with E-state index in [-0.39, 0.29) is 47.1 Å². The van der Waals surface area contributed by atoms with Crippen LogP contribution in [0.15, 0.2) is 86.0 Å². The van der Waals surface area contributed by atoms with Gasteiger partial charge >= 0.3 is 13.4 Å². The lowest BCUT2D eigenvalue weighted by Gasteiger charge is -2.31. The fourth-order valence-electron chi connectivity index (χ4n) is 7.12. The van der Waals surface area contributed by atoms with Crippen molar-refractivity contribution in [2.45, 2.75) is 49.2 Å². The van der Waals surface area contributed by atoms with Gasteiger partial charge in [0.05, 0.1) is 25.9 Å². The Balaban J connectivity index is 0.975. The minimum atomic E-state index is -4.40. The van der Waals surface area contributed by atoms with Crippen molar-refractivity contribution >= 4 is 82.8 Å². The molecule has 3 aliphatic rings. The molecule has 10 atom stereocenters. The smallest absolute Gasteiger partial charge is 0.328 e. The summed E-state index contributed by atoms with van der Waals surface area (Å²) in [6, 6.07) is 16.8. The van der Waals surface area contributed by atoms with E-state index >= 15 is 8.78 Å². The van der Waals surface area contributed by atoms with Gasteiger partial charge in [-0.1, -0.05) is 36.4 Å². The van der Waals surface area contributed by atoms with Gasteiger partial charge in [0.2, 0.25) is 6.54 Å². The first-order valence-corrected chi connectivity index (χ1v) is 24.3. The molecule has 3 fully saturated rings. The normalized spacial score (nSPS) is 29.5. The summed E-state index contributed by atoms with van der Waals surface area (Å²) in [7, 11) is 0. The van der Waals surface area contributed by atoms with E-state index in [2.05, 4.69) is 45.4 Å². The molecule has 3 saturated heterocycles. The molecule has 7 heterocycles. The van der Waals surface area contributed by atoms with Gasteiger partial charge in [-0.2, -0.15) is 0 Å². The van der Waals surface area contributed by atoms with Crippen LogP contribution in [0.4, 0.5) is 20.4 Å². The Morgan fingerprint density at radius 1 is 0.766 bits per heavy atom. The van der Waals surface area contributed by atoms with Crippen molar-refractivity contribution in [1.82, 2.24) is 39.0 Å². The van der Waals surface area contributed by atoms with Crippen molar-refractivity contribution in [1.29, 1.82) is 0 Å². The molecule has 3 N–H and O–H groups in total. The monoisotopic (exact) mass is 955 g/mol. The fraction of sp³-hybridized carbons (Fsp3) is 0.324. The molecule has 0 spiro atoms. The van der Waals surface area contributed by atoms with Crippen molar-refractivity contribution in [3.05, 3.63) is 109 Å². The SMILES string of the molecule is [C-]#[N+]CCOP1(=S)OC[C@H]2O[C@@H](n3cnc4c(NC(=O)c5ccccc5)ncnc43)[C@H](F)[C@@H]2OP(O)(=S)OC[C@H]2O[C@@H](n3cnc4c(NC(=O)c5ccccc5)ncnc43)[C@H](F)[C@@H]2O1. The van der Waals surface area contributed by atoms with Crippen molar-refractivity contribution in [3.8, 4) is 0 Å². The molecule has 332 valence electrons. The Labute approximate surface area is 370 Å². The number of nitrogens with zero attached hydrogens (tertiary/aromatic N) is 9. The number of benzene rings is 2. The van der Waals surface area contributed by atoms with E-state index in [4.69, 9.17) is 62.3 Å². The first-order chi connectivity index (χ1) is 30.9. The zero-order valence-corrected chi connectivity index (χ0v) is 36.1. The summed E-state index contributed by atoms with van der Waals surface area (Å²) in [6.07, 6.45) is -8.53. The maximum Gasteiger partial charge on any atom is 0.328 e. The molecule has 2 aromatic carbocycles. The molecular formula is C37H33F2N11O10P2S2. The van der Waals surface area contributed by atoms with Crippen LogP contribution in [0, 0.1) is 6.57 Å². The predicted octanol–water partition coefficient (Wildman–Crippen LogP) is 4.84. The number of carbonyl (C=O) groups is 2. The Bertz CT molecular complexity index is 2850. The minimum absolute atomic E-state index is 0.0403. The lowest BCUT2D eigenvalue weighted by atomic mass is 10.1. The average molecular weight is 956 g/mol. The third-order valence-electron chi connectivity index (χ3n) is 10.1. The number of carbonyl (C=O) groups excluding carboxylic acids is 2. The maximum atomic E-state index is 16.9. The summed E-state index contributed by atoms with van der Waals surface area (Å²) in [5.41, 5.74) is 1.07. The third kappa shape index (κ3) is 8.92. The lowest BCUT2D eigenvalue weighted by Crippen LogP contribution is -2.37. The van der Waals surface area contributed by atoms with Crippen molar-refractivity contribution in [2.24, 2.45) is 0 Å². The summed E-state index contributed by atoms with van der Waals surface area (Å²) in [5, 5.41) is 5.37. The van der Waals surface area contributed by atoms with Gasteiger partial charge in [0.1, 0.15) is 43.7 Å². The summed E-state index contributed by atoms with van der Waals surface area (Å²) in [5.74, 6) is -0.866. The third-order valence-corrected chi connectivity index (χ3v) is 14.0. The number of alkyl halides is 2. The zero-order valence-electron chi connectivity index (χ0n) is 32.6. The molecule has 0 aliphatic carbocycles. The molecule has 4 aromatic heterocycles. The number of imidazole rings is 2. The number of hydrogen-bond donors (Lipinski definition) is 3. The number of aromatic nitrogens is 8. The summed E-state index contributed by atoms with van der Waals surface area (Å²) in [6.45, 7) is -2.94. The van der Waals surface area contributed by atoms with Gasteiger partial charge in [0.25, 0.3) is 11.8 Å². The van der Waals surface area contributed by atoms with Crippen LogP contribution in [0.2, 0.25) is 0 Å². The van der Waals surface area contributed by atoms with E-state index < -0.39 is 87.7 Å². The Morgan fingerprint density at radius 3 is 1.75 bits per heavy atom. The first-order valence-electron chi connectivity index (χ1n) is 19.2. The molecule has 0 bridgehead atoms. The number of nitrogens with one attached hydrogen (secondary N) is 2. The standard InChI is InChI=1S/C37H33F2N11O10P2S2/c1-40-12-13-54-62(64)56-15-23-28(24(38)36(58-23)49-18-45-26-30(41-16-43-32(26)49)47-34(51)20-8-4-2-5-9-20)59-61(53,63)55-14-22-29(60-62)25(39)37(57-22)50-19-46-27-31(42-17-44-33(27)50)48-35(52)21-10-6-3-7-11-21/h2-11,16-19,22-25,28-29,36-37H,12-15H2,(H,53,63)(H,41,43,47,51)(H,42,44,48,52)/t22-,23-,24-,25-,28-,29-,36-,37-,61?,62?/m1/s1. The largest absolute Gasteiger partial charge is 0.346 e. The van der Waals surface area contributed by atoms with Gasteiger partial charge in [0, 0.05) is 11.1 Å². The minimum Gasteiger partial charge on any atom is -0.346 e. The molecule has 2 amide bonds. The lowest BCUT2D eigenvalue weighted by molar-refractivity contribution is -0.0597. The molecule has 2 unspecified atom stereocenters. The van der Waals surface area contributed by atoms with Crippen molar-refractivity contribution < 1.29 is 55.4 Å². The second-order valence-electron chi connectivity index (χ2n) is 14.1. The highest BCUT2D eigenvalue weighted by atomic mass is 32.5. The molecule has 0 saturated carbocycles. The van der Waals surface area contributed by atoms with Gasteiger partial charge < -0.3 is 43.4 Å². The number of amides is 2. The van der Waals surface area contributed by atoms with Gasteiger partial charge in [-0.05, 0) is 47.9 Å². The molecular weight excluding hydrogens is 923 g/mol. The van der Waals surface area contributed by atoms with Crippen LogP contribution in [0.1, 0.15) is 33.2 Å². The van der Waals surface area contributed by atoms with Crippen molar-refractivity contribution in [3.63, 3.8) is 0 Å². The molecule has 6 aromatic rings. The molecule has 9 rings (SSSR count). The highest BCUT2D eigenvalue weighted by molar-refractivity contribution is 8.07. The van der Waals surface area contributed by atoms with Crippen LogP contribution in [0.5, 0.6) is 0 Å². The van der Waals surface area contributed by atoms with Crippen LogP contribution >= 0.6 is 13.4 Å². The Morgan fingerprint density at radius 2 is 1.25 bits per heavy atom. The van der Waals surface area contributed by atoms with E-state index in [1.165, 1.54) is 21.8 Å². The van der Waals surface area contributed by atoms with Gasteiger partial charge in [-0.15, -0.1) is 0 Å². The predicted molar refractivity (Wildman–Crippen MR) is 227 cm³/mol. The number of fused-ring (bicyclic) bond motifs is 4. The van der Waals surface area contributed by atoms with E-state index in [9.17, 15) is 14.5 Å². The highest BCUT2D eigenvalue weighted by Crippen LogP contribution is 2.57. The van der Waals surface area contributed by atoms with Crippen LogP contribution in [0.25, 0.3) is 27.2 Å². The van der Waals surface area contributed by atoms with Gasteiger partial charge in [-0.3, -0.25) is 27.8 Å². The topological polar surface area (TPSA) is 235 Å². The average Bonchev–Trinajstić information content (AvgIpc) is 4.07. The number of hydrogen-bond acceptors (Lipinski definition) is 17. The summed E-state index contributed by atoms with van der Waals surface area (Å²) >= 11 is 11.1. The second kappa shape index (κ2) is 18.4. The quantitative estimate of drug-likeness (QED) is 0.0999. The summed E-state index contributed by atoms with van der Waals surface area (Å²) in [4.78, 5) is 66.0. The van der Waals surface area contributed by atoms with Crippen LogP contribution in [0.3, 0.4) is 0 Å². The molecule has 27 heteroatoms. The fourth-order valence-corrected chi connectivity index (χ4v) is 10.6. The highest BCUT2D eigenvalue weighted by Gasteiger charge is 2.54. The maximum absolute atomic E-state index is 16.9. The molecule has 0 radical (unpaired) electrons. The number of rotatable bonds is 9. The van der Waals surface area contributed by atoms with E-state index in [1.807, 2.05) is 0 Å². The molecule has 3 aliphatic heterocycles. The van der Waals surface area contributed by atoms with E-state index in [0.29, 0.717) is 11.1 Å². The van der Waals surface area contributed by atoms with Gasteiger partial charge in [-0.25, -0.2) is 45.3 Å². The van der Waals surface area contributed by atoms with E-state index in [1.54, 1.807) is 60.7 Å². The van der Waals surface area contributed by atoms with E-state index in [0.717, 1.165) is 12.7 Å². The second-order valence-corrected chi connectivity index (χ2v) is 19.9. The summed E-state index contributed by atoms with van der Waals surface area (Å²) < 4.78 is 77.9.